The van der Waals surface area contributed by atoms with E-state index in [1.807, 2.05) is 13.8 Å². The molecule has 0 amide bonds. The third-order valence-corrected chi connectivity index (χ3v) is 10.9. The molecule has 4 saturated carbocycles. The number of rotatable bonds is 5. The third-order valence-electron chi connectivity index (χ3n) is 10.9. The van der Waals surface area contributed by atoms with Crippen LogP contribution in [0.5, 0.6) is 0 Å². The SMILES string of the molecule is CC(C)C(=O)CCC(C)C1CCC2C3C(O)CC4CC(O)CCC4(C)C3CCC12C. The molecule has 0 saturated heterocycles. The first-order chi connectivity index (χ1) is 14.1. The van der Waals surface area contributed by atoms with E-state index in [2.05, 4.69) is 20.8 Å². The molecule has 0 aliphatic heterocycles. The monoisotopic (exact) mass is 418 g/mol. The molecule has 30 heavy (non-hydrogen) atoms. The van der Waals surface area contributed by atoms with Crippen molar-refractivity contribution in [3.8, 4) is 0 Å². The molecular weight excluding hydrogens is 372 g/mol. The van der Waals surface area contributed by atoms with E-state index in [-0.39, 0.29) is 18.1 Å². The van der Waals surface area contributed by atoms with Crippen LogP contribution in [0, 0.1) is 52.3 Å². The summed E-state index contributed by atoms with van der Waals surface area (Å²) >= 11 is 0. The zero-order valence-corrected chi connectivity index (χ0v) is 20.1. The van der Waals surface area contributed by atoms with Crippen molar-refractivity contribution < 1.29 is 15.0 Å². The summed E-state index contributed by atoms with van der Waals surface area (Å²) in [6, 6.07) is 0. The zero-order valence-electron chi connectivity index (χ0n) is 20.1. The lowest BCUT2D eigenvalue weighted by molar-refractivity contribution is -0.174. The molecule has 10 atom stereocenters. The Labute approximate surface area is 184 Å². The van der Waals surface area contributed by atoms with E-state index >= 15 is 0 Å². The third kappa shape index (κ3) is 3.60. The minimum atomic E-state index is -0.195. The summed E-state index contributed by atoms with van der Waals surface area (Å²) in [4.78, 5) is 12.2. The molecule has 4 fully saturated rings. The summed E-state index contributed by atoms with van der Waals surface area (Å²) in [5.41, 5.74) is 0.623. The van der Waals surface area contributed by atoms with Crippen LogP contribution in [0.3, 0.4) is 0 Å². The molecule has 2 N–H and O–H groups in total. The number of aliphatic hydroxyl groups is 2. The van der Waals surface area contributed by atoms with Crippen LogP contribution in [-0.4, -0.2) is 28.2 Å². The number of fused-ring (bicyclic) bond motifs is 5. The Balaban J connectivity index is 1.51. The van der Waals surface area contributed by atoms with Crippen molar-refractivity contribution in [2.75, 3.05) is 0 Å². The molecule has 3 heteroatoms. The maximum atomic E-state index is 12.2. The van der Waals surface area contributed by atoms with Gasteiger partial charge in [-0.3, -0.25) is 4.79 Å². The lowest BCUT2D eigenvalue weighted by Gasteiger charge is -2.62. The van der Waals surface area contributed by atoms with Crippen LogP contribution >= 0.6 is 0 Å². The Morgan fingerprint density at radius 2 is 1.60 bits per heavy atom. The number of carbonyl (C=O) groups excluding carboxylic acids is 1. The van der Waals surface area contributed by atoms with Gasteiger partial charge in [-0.2, -0.15) is 0 Å². The van der Waals surface area contributed by atoms with Crippen LogP contribution in [0.25, 0.3) is 0 Å². The molecule has 0 aromatic heterocycles. The number of hydrogen-bond acceptors (Lipinski definition) is 3. The Hall–Kier alpha value is -0.410. The highest BCUT2D eigenvalue weighted by atomic mass is 16.3. The predicted octanol–water partition coefficient (Wildman–Crippen LogP) is 5.62. The second-order valence-electron chi connectivity index (χ2n) is 12.6. The van der Waals surface area contributed by atoms with E-state index in [0.29, 0.717) is 52.1 Å². The fourth-order valence-corrected chi connectivity index (χ4v) is 9.04. The molecular formula is C27H46O3. The van der Waals surface area contributed by atoms with E-state index in [0.717, 1.165) is 38.5 Å². The number of hydrogen-bond donors (Lipinski definition) is 2. The normalized spacial score (nSPS) is 49.3. The van der Waals surface area contributed by atoms with Crippen molar-refractivity contribution >= 4 is 5.78 Å². The van der Waals surface area contributed by atoms with Crippen LogP contribution < -0.4 is 0 Å². The topological polar surface area (TPSA) is 57.5 Å². The summed E-state index contributed by atoms with van der Waals surface area (Å²) in [6.45, 7) is 11.4. The summed E-state index contributed by atoms with van der Waals surface area (Å²) < 4.78 is 0. The molecule has 172 valence electrons. The van der Waals surface area contributed by atoms with Crippen molar-refractivity contribution in [3.05, 3.63) is 0 Å². The van der Waals surface area contributed by atoms with Crippen molar-refractivity contribution in [1.82, 2.24) is 0 Å². The lowest BCUT2D eigenvalue weighted by atomic mass is 9.43. The minimum absolute atomic E-state index is 0.152. The molecule has 4 rings (SSSR count). The van der Waals surface area contributed by atoms with Gasteiger partial charge in [-0.05, 0) is 104 Å². The van der Waals surface area contributed by atoms with Crippen molar-refractivity contribution in [3.63, 3.8) is 0 Å². The van der Waals surface area contributed by atoms with Gasteiger partial charge in [-0.1, -0.05) is 34.6 Å². The molecule has 0 spiro atoms. The number of Topliss-reactive ketones (excluding diaryl/α,β-unsaturated/α-hetero) is 1. The molecule has 0 bridgehead atoms. The molecule has 3 nitrogen and oxygen atoms in total. The average molecular weight is 419 g/mol. The molecule has 0 aromatic rings. The molecule has 4 aliphatic carbocycles. The Morgan fingerprint density at radius 1 is 0.933 bits per heavy atom. The Bertz CT molecular complexity index is 644. The van der Waals surface area contributed by atoms with Crippen LogP contribution in [0.2, 0.25) is 0 Å². The van der Waals surface area contributed by atoms with Gasteiger partial charge in [-0.25, -0.2) is 0 Å². The first kappa shape index (κ1) is 22.8. The highest BCUT2D eigenvalue weighted by molar-refractivity contribution is 5.80. The van der Waals surface area contributed by atoms with Gasteiger partial charge in [0.1, 0.15) is 5.78 Å². The summed E-state index contributed by atoms with van der Waals surface area (Å²) in [5.74, 6) is 4.01. The fraction of sp³-hybridized carbons (Fsp3) is 0.963. The van der Waals surface area contributed by atoms with Gasteiger partial charge in [-0.15, -0.1) is 0 Å². The van der Waals surface area contributed by atoms with Gasteiger partial charge in [0.05, 0.1) is 12.2 Å². The van der Waals surface area contributed by atoms with Crippen molar-refractivity contribution in [1.29, 1.82) is 0 Å². The van der Waals surface area contributed by atoms with Crippen LogP contribution in [0.1, 0.15) is 98.8 Å². The van der Waals surface area contributed by atoms with Gasteiger partial charge >= 0.3 is 0 Å². The van der Waals surface area contributed by atoms with Crippen molar-refractivity contribution in [2.24, 2.45) is 52.3 Å². The summed E-state index contributed by atoms with van der Waals surface area (Å²) in [7, 11) is 0. The predicted molar refractivity (Wildman–Crippen MR) is 121 cm³/mol. The Morgan fingerprint density at radius 3 is 2.30 bits per heavy atom. The largest absolute Gasteiger partial charge is 0.393 e. The maximum absolute atomic E-state index is 12.2. The highest BCUT2D eigenvalue weighted by Crippen LogP contribution is 2.68. The summed E-state index contributed by atoms with van der Waals surface area (Å²) in [5, 5.41) is 21.6. The van der Waals surface area contributed by atoms with Gasteiger partial charge in [0.15, 0.2) is 0 Å². The number of aliphatic hydroxyl groups excluding tert-OH is 2. The Kier molecular flexibility index (Phi) is 6.21. The van der Waals surface area contributed by atoms with Crippen molar-refractivity contribution in [2.45, 2.75) is 111 Å². The minimum Gasteiger partial charge on any atom is -0.393 e. The highest BCUT2D eigenvalue weighted by Gasteiger charge is 2.62. The second-order valence-corrected chi connectivity index (χ2v) is 12.6. The van der Waals surface area contributed by atoms with E-state index in [4.69, 9.17) is 0 Å². The molecule has 0 heterocycles. The molecule has 0 aromatic carbocycles. The van der Waals surface area contributed by atoms with E-state index < -0.39 is 0 Å². The van der Waals surface area contributed by atoms with Gasteiger partial charge in [0, 0.05) is 12.3 Å². The zero-order chi connectivity index (χ0) is 21.8. The number of ketones is 1. The van der Waals surface area contributed by atoms with E-state index in [1.165, 1.54) is 25.7 Å². The maximum Gasteiger partial charge on any atom is 0.135 e. The first-order valence-corrected chi connectivity index (χ1v) is 13.0. The van der Waals surface area contributed by atoms with Gasteiger partial charge in [0.2, 0.25) is 0 Å². The average Bonchev–Trinajstić information content (AvgIpc) is 3.04. The summed E-state index contributed by atoms with van der Waals surface area (Å²) in [6.07, 6.45) is 10.3. The molecule has 0 radical (unpaired) electrons. The fourth-order valence-electron chi connectivity index (χ4n) is 9.04. The van der Waals surface area contributed by atoms with E-state index in [1.54, 1.807) is 0 Å². The molecule has 4 aliphatic rings. The van der Waals surface area contributed by atoms with Crippen LogP contribution in [0.4, 0.5) is 0 Å². The van der Waals surface area contributed by atoms with Gasteiger partial charge in [0.25, 0.3) is 0 Å². The standard InChI is InChI=1S/C27H46O3/c1-16(2)23(29)9-6-17(3)20-7-8-21-25-22(11-13-27(20,21)5)26(4)12-10-19(28)14-18(26)15-24(25)30/h16-22,24-25,28,30H,6-15H2,1-5H3. The molecule has 10 unspecified atom stereocenters. The van der Waals surface area contributed by atoms with Crippen LogP contribution in [0.15, 0.2) is 0 Å². The van der Waals surface area contributed by atoms with E-state index in [9.17, 15) is 15.0 Å². The quantitative estimate of drug-likeness (QED) is 0.609. The van der Waals surface area contributed by atoms with Crippen LogP contribution in [-0.2, 0) is 4.79 Å². The lowest BCUT2D eigenvalue weighted by Crippen LogP contribution is -2.58. The first-order valence-electron chi connectivity index (χ1n) is 13.0. The number of carbonyl (C=O) groups is 1. The van der Waals surface area contributed by atoms with Gasteiger partial charge < -0.3 is 10.2 Å². The smallest absolute Gasteiger partial charge is 0.135 e. The second kappa shape index (κ2) is 8.18.